The van der Waals surface area contributed by atoms with Crippen molar-refractivity contribution in [3.8, 4) is 11.1 Å². The molecule has 2 heteroatoms. The highest BCUT2D eigenvalue weighted by atomic mass is 16.1. The second-order valence-corrected chi connectivity index (χ2v) is 6.56. The minimum atomic E-state index is 0.446. The third-order valence-electron chi connectivity index (χ3n) is 5.16. The summed E-state index contributed by atoms with van der Waals surface area (Å²) >= 11 is 0. The van der Waals surface area contributed by atoms with Crippen LogP contribution in [0.15, 0.2) is 54.6 Å². The smallest absolute Gasteiger partial charge is 0.135 e. The van der Waals surface area contributed by atoms with Crippen molar-refractivity contribution >= 4 is 5.78 Å². The molecule has 0 bridgehead atoms. The van der Waals surface area contributed by atoms with Crippen molar-refractivity contribution in [2.24, 2.45) is 0 Å². The predicted octanol–water partition coefficient (Wildman–Crippen LogP) is 3.87. The van der Waals surface area contributed by atoms with Crippen LogP contribution in [0.3, 0.4) is 0 Å². The lowest BCUT2D eigenvalue weighted by Crippen LogP contribution is -2.38. The minimum absolute atomic E-state index is 0.446. The first-order valence-corrected chi connectivity index (χ1v) is 8.21. The number of hydrogen-bond acceptors (Lipinski definition) is 2. The van der Waals surface area contributed by atoms with Crippen molar-refractivity contribution in [3.05, 3.63) is 60.2 Å². The lowest BCUT2D eigenvalue weighted by Gasteiger charge is -2.27. The summed E-state index contributed by atoms with van der Waals surface area (Å²) in [6.07, 6.45) is 2.64. The summed E-state index contributed by atoms with van der Waals surface area (Å²) in [7, 11) is 0. The van der Waals surface area contributed by atoms with Gasteiger partial charge < -0.3 is 0 Å². The van der Waals surface area contributed by atoms with E-state index in [1.807, 2.05) is 6.07 Å². The highest BCUT2D eigenvalue weighted by Gasteiger charge is 2.36. The quantitative estimate of drug-likeness (QED) is 0.837. The molecule has 4 rings (SSSR count). The Labute approximate surface area is 131 Å². The molecule has 0 aliphatic carbocycles. The maximum absolute atomic E-state index is 11.6. The number of carbonyl (C=O) groups is 1. The summed E-state index contributed by atoms with van der Waals surface area (Å²) in [5, 5.41) is 0. The summed E-state index contributed by atoms with van der Waals surface area (Å²) in [4.78, 5) is 14.1. The first-order chi connectivity index (χ1) is 10.8. The van der Waals surface area contributed by atoms with Gasteiger partial charge in [0, 0.05) is 32.0 Å². The molecule has 2 heterocycles. The summed E-state index contributed by atoms with van der Waals surface area (Å²) in [5.74, 6) is 1.03. The van der Waals surface area contributed by atoms with Gasteiger partial charge in [0.25, 0.3) is 0 Å². The number of nitrogens with zero attached hydrogens (tertiary/aromatic N) is 1. The van der Waals surface area contributed by atoms with E-state index in [9.17, 15) is 4.79 Å². The molecule has 0 radical (unpaired) electrons. The van der Waals surface area contributed by atoms with E-state index in [2.05, 4.69) is 53.4 Å². The van der Waals surface area contributed by atoms with Crippen LogP contribution < -0.4 is 0 Å². The Hall–Kier alpha value is -1.93. The number of rotatable bonds is 2. The Balaban J connectivity index is 1.51. The normalized spacial score (nSPS) is 25.2. The van der Waals surface area contributed by atoms with Gasteiger partial charge in [0.2, 0.25) is 0 Å². The van der Waals surface area contributed by atoms with Gasteiger partial charge in [-0.1, -0.05) is 54.6 Å². The lowest BCUT2D eigenvalue weighted by molar-refractivity contribution is -0.122. The van der Waals surface area contributed by atoms with Crippen molar-refractivity contribution in [3.63, 3.8) is 0 Å². The van der Waals surface area contributed by atoms with Crippen LogP contribution >= 0.6 is 0 Å². The maximum atomic E-state index is 11.6. The van der Waals surface area contributed by atoms with Crippen molar-refractivity contribution in [1.82, 2.24) is 4.90 Å². The first kappa shape index (κ1) is 13.7. The number of benzene rings is 2. The summed E-state index contributed by atoms with van der Waals surface area (Å²) in [5.41, 5.74) is 3.96. The van der Waals surface area contributed by atoms with Crippen LogP contribution in [-0.4, -0.2) is 29.8 Å². The average Bonchev–Trinajstić information content (AvgIpc) is 2.99. The minimum Gasteiger partial charge on any atom is -0.300 e. The number of fused-ring (bicyclic) bond motifs is 1. The monoisotopic (exact) mass is 291 g/mol. The van der Waals surface area contributed by atoms with Gasteiger partial charge >= 0.3 is 0 Å². The summed E-state index contributed by atoms with van der Waals surface area (Å²) in [6.45, 7) is 2.07. The third-order valence-corrected chi connectivity index (χ3v) is 5.16. The second kappa shape index (κ2) is 5.69. The third kappa shape index (κ3) is 2.59. The molecule has 2 nitrogen and oxygen atoms in total. The second-order valence-electron chi connectivity index (χ2n) is 6.56. The van der Waals surface area contributed by atoms with E-state index < -0.39 is 0 Å². The molecule has 0 spiro atoms. The summed E-state index contributed by atoms with van der Waals surface area (Å²) < 4.78 is 0. The molecule has 2 aliphatic rings. The number of carbonyl (C=O) groups excluding carboxylic acids is 1. The van der Waals surface area contributed by atoms with Crippen LogP contribution in [0.2, 0.25) is 0 Å². The van der Waals surface area contributed by atoms with Crippen LogP contribution in [0.1, 0.15) is 30.7 Å². The molecule has 0 saturated carbocycles. The Morgan fingerprint density at radius 1 is 0.909 bits per heavy atom. The first-order valence-electron chi connectivity index (χ1n) is 8.21. The Kier molecular flexibility index (Phi) is 3.55. The zero-order chi connectivity index (χ0) is 14.9. The van der Waals surface area contributed by atoms with Crippen LogP contribution in [0.4, 0.5) is 0 Å². The number of ketones is 1. The topological polar surface area (TPSA) is 20.3 Å². The molecule has 0 N–H and O–H groups in total. The molecule has 2 fully saturated rings. The zero-order valence-electron chi connectivity index (χ0n) is 12.7. The van der Waals surface area contributed by atoms with E-state index in [1.54, 1.807) is 0 Å². The zero-order valence-corrected chi connectivity index (χ0v) is 12.7. The molecule has 2 aromatic carbocycles. The van der Waals surface area contributed by atoms with Crippen molar-refractivity contribution in [2.45, 2.75) is 31.2 Å². The number of Topliss-reactive ketones (excluding diaryl/α,β-unsaturated/α-hetero) is 1. The molecule has 2 saturated heterocycles. The number of hydrogen-bond donors (Lipinski definition) is 0. The van der Waals surface area contributed by atoms with Gasteiger partial charge in [-0.3, -0.25) is 9.69 Å². The van der Waals surface area contributed by atoms with Crippen LogP contribution in [0.25, 0.3) is 11.1 Å². The Morgan fingerprint density at radius 3 is 2.41 bits per heavy atom. The average molecular weight is 291 g/mol. The van der Waals surface area contributed by atoms with Crippen molar-refractivity contribution in [1.29, 1.82) is 0 Å². The molecule has 2 atom stereocenters. The predicted molar refractivity (Wildman–Crippen MR) is 88.8 cm³/mol. The SMILES string of the molecule is O=C1CCN2C[C@H](c3ccc(-c4ccccc4)cc3)C[C@H]2C1. The van der Waals surface area contributed by atoms with Gasteiger partial charge in [0.15, 0.2) is 0 Å². The van der Waals surface area contributed by atoms with Gasteiger partial charge in [-0.05, 0) is 29.0 Å². The molecular formula is C20H21NO. The van der Waals surface area contributed by atoms with Gasteiger partial charge in [0.05, 0.1) is 0 Å². The molecule has 0 unspecified atom stereocenters. The number of piperidine rings is 1. The van der Waals surface area contributed by atoms with Gasteiger partial charge in [-0.15, -0.1) is 0 Å². The van der Waals surface area contributed by atoms with Gasteiger partial charge in [0.1, 0.15) is 5.78 Å². The summed E-state index contributed by atoms with van der Waals surface area (Å²) in [6, 6.07) is 20.0. The lowest BCUT2D eigenvalue weighted by atomic mass is 9.92. The van der Waals surface area contributed by atoms with E-state index in [4.69, 9.17) is 0 Å². The van der Waals surface area contributed by atoms with E-state index in [-0.39, 0.29) is 0 Å². The van der Waals surface area contributed by atoms with E-state index in [0.717, 1.165) is 32.4 Å². The Morgan fingerprint density at radius 2 is 1.64 bits per heavy atom. The van der Waals surface area contributed by atoms with Crippen molar-refractivity contribution in [2.75, 3.05) is 13.1 Å². The molecule has 112 valence electrons. The van der Waals surface area contributed by atoms with Gasteiger partial charge in [-0.25, -0.2) is 0 Å². The largest absolute Gasteiger partial charge is 0.300 e. The van der Waals surface area contributed by atoms with E-state index >= 15 is 0 Å². The molecule has 0 aromatic heterocycles. The standard InChI is InChI=1S/C20H21NO/c22-20-10-11-21-14-18(12-19(21)13-20)17-8-6-16(7-9-17)15-4-2-1-3-5-15/h1-9,18-19H,10-14H2/t18-,19+/m1/s1. The molecule has 0 amide bonds. The van der Waals surface area contributed by atoms with Gasteiger partial charge in [-0.2, -0.15) is 0 Å². The van der Waals surface area contributed by atoms with Crippen LogP contribution in [0, 0.1) is 0 Å². The highest BCUT2D eigenvalue weighted by Crippen LogP contribution is 2.36. The van der Waals surface area contributed by atoms with E-state index in [0.29, 0.717) is 17.7 Å². The molecule has 2 aromatic rings. The van der Waals surface area contributed by atoms with E-state index in [1.165, 1.54) is 16.7 Å². The fraction of sp³-hybridized carbons (Fsp3) is 0.350. The van der Waals surface area contributed by atoms with Crippen LogP contribution in [0.5, 0.6) is 0 Å². The van der Waals surface area contributed by atoms with Crippen LogP contribution in [-0.2, 0) is 4.79 Å². The highest BCUT2D eigenvalue weighted by molar-refractivity contribution is 5.80. The molecular weight excluding hydrogens is 270 g/mol. The molecule has 22 heavy (non-hydrogen) atoms. The fourth-order valence-electron chi connectivity index (χ4n) is 3.92. The maximum Gasteiger partial charge on any atom is 0.135 e. The Bertz CT molecular complexity index is 662. The van der Waals surface area contributed by atoms with Crippen molar-refractivity contribution < 1.29 is 4.79 Å². The molecule has 2 aliphatic heterocycles. The fourth-order valence-corrected chi connectivity index (χ4v) is 3.92.